The average Bonchev–Trinajstić information content (AvgIpc) is 2.88. The third-order valence-corrected chi connectivity index (χ3v) is 4.49. The van der Waals surface area contributed by atoms with Gasteiger partial charge in [-0.15, -0.1) is 0 Å². The van der Waals surface area contributed by atoms with Crippen LogP contribution in [0.3, 0.4) is 0 Å². The minimum atomic E-state index is -0.0591. The molecule has 3 N–H and O–H groups in total. The molecule has 1 aromatic heterocycles. The number of carbonyl (C=O) groups excluding carboxylic acids is 1. The first-order chi connectivity index (χ1) is 9.58. The van der Waals surface area contributed by atoms with Gasteiger partial charge in [0.25, 0.3) is 0 Å². The third kappa shape index (κ3) is 3.94. The SMILES string of the molecule is CCc1nsc(SCC(=O)Nc2ccc(N)cc2C)n1. The molecule has 0 saturated carbocycles. The lowest BCUT2D eigenvalue weighted by Gasteiger charge is -2.08. The van der Waals surface area contributed by atoms with Gasteiger partial charge in [-0.25, -0.2) is 4.98 Å². The maximum Gasteiger partial charge on any atom is 0.234 e. The summed E-state index contributed by atoms with van der Waals surface area (Å²) in [4.78, 5) is 16.2. The Morgan fingerprint density at radius 2 is 2.30 bits per heavy atom. The standard InChI is InChI=1S/C13H16N4OS2/c1-3-11-16-13(20-17-11)19-7-12(18)15-10-5-4-9(14)6-8(10)2/h4-6H,3,7,14H2,1-2H3,(H,15,18). The van der Waals surface area contributed by atoms with Gasteiger partial charge in [-0.2, -0.15) is 4.37 Å². The predicted molar refractivity (Wildman–Crippen MR) is 84.2 cm³/mol. The van der Waals surface area contributed by atoms with Crippen molar-refractivity contribution >= 4 is 40.6 Å². The molecule has 1 heterocycles. The zero-order valence-electron chi connectivity index (χ0n) is 11.3. The molecule has 20 heavy (non-hydrogen) atoms. The molecule has 5 nitrogen and oxygen atoms in total. The van der Waals surface area contributed by atoms with Gasteiger partial charge < -0.3 is 11.1 Å². The lowest BCUT2D eigenvalue weighted by atomic mass is 10.2. The van der Waals surface area contributed by atoms with E-state index in [4.69, 9.17) is 5.73 Å². The Labute approximate surface area is 126 Å². The summed E-state index contributed by atoms with van der Waals surface area (Å²) >= 11 is 2.73. The molecule has 2 rings (SSSR count). The minimum Gasteiger partial charge on any atom is -0.399 e. The van der Waals surface area contributed by atoms with Gasteiger partial charge in [-0.05, 0) is 42.2 Å². The normalized spacial score (nSPS) is 10.5. The second-order valence-electron chi connectivity index (χ2n) is 4.24. The Bertz CT molecular complexity index is 612. The van der Waals surface area contributed by atoms with Crippen LogP contribution in [-0.2, 0) is 11.2 Å². The van der Waals surface area contributed by atoms with E-state index in [2.05, 4.69) is 14.7 Å². The molecule has 0 bridgehead atoms. The number of nitrogens with two attached hydrogens (primary N) is 1. The third-order valence-electron chi connectivity index (χ3n) is 2.62. The molecule has 7 heteroatoms. The van der Waals surface area contributed by atoms with Crippen LogP contribution in [0.5, 0.6) is 0 Å². The summed E-state index contributed by atoms with van der Waals surface area (Å²) in [5, 5.41) is 2.87. The Morgan fingerprint density at radius 3 is 2.95 bits per heavy atom. The maximum atomic E-state index is 11.9. The monoisotopic (exact) mass is 308 g/mol. The number of nitrogens with zero attached hydrogens (tertiary/aromatic N) is 2. The summed E-state index contributed by atoms with van der Waals surface area (Å²) in [5.41, 5.74) is 8.11. The largest absolute Gasteiger partial charge is 0.399 e. The van der Waals surface area contributed by atoms with E-state index in [1.807, 2.05) is 26.0 Å². The van der Waals surface area contributed by atoms with E-state index >= 15 is 0 Å². The van der Waals surface area contributed by atoms with E-state index in [0.29, 0.717) is 11.4 Å². The van der Waals surface area contributed by atoms with Crippen LogP contribution in [0.15, 0.2) is 22.5 Å². The second-order valence-corrected chi connectivity index (χ2v) is 6.22. The number of nitrogen functional groups attached to an aromatic ring is 1. The molecule has 1 amide bonds. The number of carbonyl (C=O) groups is 1. The number of aromatic nitrogens is 2. The van der Waals surface area contributed by atoms with Crippen LogP contribution in [0.1, 0.15) is 18.3 Å². The first-order valence-corrected chi connectivity index (χ1v) is 7.95. The molecule has 0 aliphatic carbocycles. The fourth-order valence-electron chi connectivity index (χ4n) is 1.58. The Kier molecular flexibility index (Phi) is 4.97. The van der Waals surface area contributed by atoms with Crippen LogP contribution in [0.25, 0.3) is 0 Å². The smallest absolute Gasteiger partial charge is 0.234 e. The van der Waals surface area contributed by atoms with Gasteiger partial charge in [0.1, 0.15) is 5.82 Å². The quantitative estimate of drug-likeness (QED) is 0.655. The maximum absolute atomic E-state index is 11.9. The number of aryl methyl sites for hydroxylation is 2. The Hall–Kier alpha value is -1.60. The number of rotatable bonds is 5. The van der Waals surface area contributed by atoms with Crippen molar-refractivity contribution < 1.29 is 4.79 Å². The molecule has 1 aromatic carbocycles. The molecule has 0 unspecified atom stereocenters. The number of hydrogen-bond donors (Lipinski definition) is 2. The molecule has 0 atom stereocenters. The fourth-order valence-corrected chi connectivity index (χ4v) is 3.08. The lowest BCUT2D eigenvalue weighted by Crippen LogP contribution is -2.14. The van der Waals surface area contributed by atoms with Gasteiger partial charge in [-0.1, -0.05) is 18.7 Å². The number of thioether (sulfide) groups is 1. The van der Waals surface area contributed by atoms with Crippen LogP contribution < -0.4 is 11.1 Å². The summed E-state index contributed by atoms with van der Waals surface area (Å²) in [7, 11) is 0. The second kappa shape index (κ2) is 6.71. The van der Waals surface area contributed by atoms with E-state index in [1.165, 1.54) is 23.3 Å². The molecule has 2 aromatic rings. The molecule has 0 fully saturated rings. The van der Waals surface area contributed by atoms with Gasteiger partial charge in [0.2, 0.25) is 5.91 Å². The van der Waals surface area contributed by atoms with Gasteiger partial charge in [-0.3, -0.25) is 4.79 Å². The number of hydrogen-bond acceptors (Lipinski definition) is 6. The van der Waals surface area contributed by atoms with Crippen molar-refractivity contribution in [1.29, 1.82) is 0 Å². The van der Waals surface area contributed by atoms with Crippen molar-refractivity contribution in [2.75, 3.05) is 16.8 Å². The highest BCUT2D eigenvalue weighted by Crippen LogP contribution is 2.22. The highest BCUT2D eigenvalue weighted by atomic mass is 32.2. The molecule has 0 spiro atoms. The van der Waals surface area contributed by atoms with Gasteiger partial charge in [0.05, 0.1) is 5.75 Å². The Balaban J connectivity index is 1.89. The number of anilines is 2. The summed E-state index contributed by atoms with van der Waals surface area (Å²) in [6, 6.07) is 5.42. The summed E-state index contributed by atoms with van der Waals surface area (Å²) in [5.74, 6) is 1.09. The van der Waals surface area contributed by atoms with Crippen LogP contribution in [0, 0.1) is 6.92 Å². The van der Waals surface area contributed by atoms with Crippen molar-refractivity contribution in [2.45, 2.75) is 24.6 Å². The van der Waals surface area contributed by atoms with Crippen molar-refractivity contribution in [3.05, 3.63) is 29.6 Å². The molecular weight excluding hydrogens is 292 g/mol. The zero-order valence-corrected chi connectivity index (χ0v) is 13.0. The van der Waals surface area contributed by atoms with Gasteiger partial charge in [0, 0.05) is 17.8 Å². The van der Waals surface area contributed by atoms with Crippen molar-refractivity contribution in [2.24, 2.45) is 0 Å². The first kappa shape index (κ1) is 14.8. The lowest BCUT2D eigenvalue weighted by molar-refractivity contribution is -0.113. The molecule has 106 valence electrons. The highest BCUT2D eigenvalue weighted by Gasteiger charge is 2.08. The number of amides is 1. The topological polar surface area (TPSA) is 80.9 Å². The first-order valence-electron chi connectivity index (χ1n) is 6.20. The molecule has 0 aliphatic heterocycles. The van der Waals surface area contributed by atoms with E-state index in [9.17, 15) is 4.79 Å². The van der Waals surface area contributed by atoms with E-state index in [1.54, 1.807) is 6.07 Å². The Morgan fingerprint density at radius 1 is 1.50 bits per heavy atom. The highest BCUT2D eigenvalue weighted by molar-refractivity contribution is 8.01. The van der Waals surface area contributed by atoms with Gasteiger partial charge in [0.15, 0.2) is 4.34 Å². The van der Waals surface area contributed by atoms with E-state index < -0.39 is 0 Å². The van der Waals surface area contributed by atoms with Crippen LogP contribution in [-0.4, -0.2) is 21.0 Å². The molecule has 0 radical (unpaired) electrons. The van der Waals surface area contributed by atoms with Crippen molar-refractivity contribution in [3.63, 3.8) is 0 Å². The fraction of sp³-hybridized carbons (Fsp3) is 0.308. The minimum absolute atomic E-state index is 0.0591. The zero-order chi connectivity index (χ0) is 14.5. The number of benzene rings is 1. The molecular formula is C13H16N4OS2. The van der Waals surface area contributed by atoms with Crippen molar-refractivity contribution in [1.82, 2.24) is 9.36 Å². The summed E-state index contributed by atoms with van der Waals surface area (Å²) in [6.45, 7) is 3.92. The van der Waals surface area contributed by atoms with Gasteiger partial charge >= 0.3 is 0 Å². The van der Waals surface area contributed by atoms with Crippen LogP contribution >= 0.6 is 23.3 Å². The summed E-state index contributed by atoms with van der Waals surface area (Å²) in [6.07, 6.45) is 0.813. The number of nitrogens with one attached hydrogen (secondary N) is 1. The molecule has 0 aliphatic rings. The van der Waals surface area contributed by atoms with Crippen LogP contribution in [0.2, 0.25) is 0 Å². The molecule has 0 saturated heterocycles. The van der Waals surface area contributed by atoms with E-state index in [-0.39, 0.29) is 5.91 Å². The van der Waals surface area contributed by atoms with Crippen molar-refractivity contribution in [3.8, 4) is 0 Å². The van der Waals surface area contributed by atoms with Crippen LogP contribution in [0.4, 0.5) is 11.4 Å². The summed E-state index contributed by atoms with van der Waals surface area (Å²) < 4.78 is 5.01. The van der Waals surface area contributed by atoms with E-state index in [0.717, 1.165) is 27.8 Å². The predicted octanol–water partition coefficient (Wildman–Crippen LogP) is 2.72. The average molecular weight is 308 g/mol.